The van der Waals surface area contributed by atoms with Crippen LogP contribution in [-0.4, -0.2) is 21.6 Å². The van der Waals surface area contributed by atoms with Gasteiger partial charge in [0.1, 0.15) is 5.52 Å². The van der Waals surface area contributed by atoms with E-state index in [2.05, 4.69) is 4.98 Å². The van der Waals surface area contributed by atoms with E-state index >= 15 is 0 Å². The van der Waals surface area contributed by atoms with E-state index < -0.39 is 11.3 Å². The lowest BCUT2D eigenvalue weighted by molar-refractivity contribution is 0.373. The van der Waals surface area contributed by atoms with Crippen LogP contribution in [-0.2, 0) is 0 Å². The van der Waals surface area contributed by atoms with Gasteiger partial charge in [0, 0.05) is 17.0 Å². The van der Waals surface area contributed by atoms with Gasteiger partial charge in [-0.1, -0.05) is 18.2 Å². The number of fused-ring (bicyclic) bond motifs is 3. The van der Waals surface area contributed by atoms with Gasteiger partial charge < -0.3 is 9.84 Å². The molecule has 4 rings (SSSR count). The van der Waals surface area contributed by atoms with Gasteiger partial charge in [0.2, 0.25) is 5.75 Å². The molecule has 0 saturated heterocycles. The monoisotopic (exact) mass is 266 g/mol. The van der Waals surface area contributed by atoms with Crippen molar-refractivity contribution in [3.8, 4) is 11.5 Å². The van der Waals surface area contributed by atoms with Crippen LogP contribution in [0, 0.1) is 0 Å². The maximum atomic E-state index is 12.4. The summed E-state index contributed by atoms with van der Waals surface area (Å²) < 4.78 is 6.64. The molecule has 0 bridgehead atoms. The Morgan fingerprint density at radius 3 is 2.80 bits per heavy atom. The SMILES string of the molecule is COc1c(O)c(=O)n2c3ccccc3c3ccnc1c32. The summed E-state index contributed by atoms with van der Waals surface area (Å²) in [4.78, 5) is 16.6. The first-order valence-electron chi connectivity index (χ1n) is 6.14. The fourth-order valence-electron chi connectivity index (χ4n) is 2.80. The maximum absolute atomic E-state index is 12.4. The van der Waals surface area contributed by atoms with Crippen LogP contribution in [0.25, 0.3) is 27.3 Å². The first-order chi connectivity index (χ1) is 9.74. The second kappa shape index (κ2) is 3.60. The van der Waals surface area contributed by atoms with Crippen molar-refractivity contribution in [1.82, 2.24) is 9.38 Å². The zero-order valence-electron chi connectivity index (χ0n) is 10.6. The molecule has 0 aliphatic carbocycles. The number of nitrogens with zero attached hydrogens (tertiary/aromatic N) is 2. The van der Waals surface area contributed by atoms with E-state index in [1.54, 1.807) is 6.20 Å². The minimum Gasteiger partial charge on any atom is -0.500 e. The topological polar surface area (TPSA) is 63.8 Å². The number of methoxy groups -OCH3 is 1. The van der Waals surface area contributed by atoms with Gasteiger partial charge in [0.25, 0.3) is 0 Å². The molecule has 98 valence electrons. The Balaban J connectivity index is 2.49. The lowest BCUT2D eigenvalue weighted by Gasteiger charge is -2.07. The number of pyridine rings is 2. The number of rotatable bonds is 1. The van der Waals surface area contributed by atoms with E-state index in [1.165, 1.54) is 11.5 Å². The molecule has 3 heterocycles. The Morgan fingerprint density at radius 2 is 2.00 bits per heavy atom. The Kier molecular flexibility index (Phi) is 1.99. The van der Waals surface area contributed by atoms with Crippen LogP contribution >= 0.6 is 0 Å². The van der Waals surface area contributed by atoms with E-state index in [0.29, 0.717) is 11.0 Å². The first kappa shape index (κ1) is 11.0. The highest BCUT2D eigenvalue weighted by atomic mass is 16.5. The fraction of sp³-hybridized carbons (Fsp3) is 0.0667. The largest absolute Gasteiger partial charge is 0.500 e. The number of hydrogen-bond donors (Lipinski definition) is 1. The van der Waals surface area contributed by atoms with Crippen molar-refractivity contribution in [3.63, 3.8) is 0 Å². The molecule has 0 unspecified atom stereocenters. The molecule has 20 heavy (non-hydrogen) atoms. The number of ether oxygens (including phenoxy) is 1. The summed E-state index contributed by atoms with van der Waals surface area (Å²) in [7, 11) is 1.41. The normalized spacial score (nSPS) is 11.7. The average Bonchev–Trinajstić information content (AvgIpc) is 2.82. The van der Waals surface area contributed by atoms with Crippen molar-refractivity contribution in [2.24, 2.45) is 0 Å². The third-order valence-electron chi connectivity index (χ3n) is 3.62. The molecule has 3 aromatic heterocycles. The molecule has 0 amide bonds. The number of hydrogen-bond acceptors (Lipinski definition) is 4. The standard InChI is InChI=1S/C15H10N2O3/c1-20-14-11-12-9(6-7-16-11)8-4-2-3-5-10(8)17(12)15(19)13(14)18/h2-7,18H,1H3. The summed E-state index contributed by atoms with van der Waals surface area (Å²) in [6.07, 6.45) is 1.65. The van der Waals surface area contributed by atoms with E-state index in [0.717, 1.165) is 16.3 Å². The van der Waals surface area contributed by atoms with Crippen molar-refractivity contribution in [3.05, 3.63) is 46.9 Å². The molecule has 0 saturated carbocycles. The summed E-state index contributed by atoms with van der Waals surface area (Å²) in [6, 6.07) is 9.43. The number of aromatic nitrogens is 2. The minimum atomic E-state index is -0.492. The summed E-state index contributed by atoms with van der Waals surface area (Å²) >= 11 is 0. The highest BCUT2D eigenvalue weighted by Gasteiger charge is 2.21. The van der Waals surface area contributed by atoms with Gasteiger partial charge in [0.15, 0.2) is 5.75 Å². The Labute approximate surface area is 113 Å². The van der Waals surface area contributed by atoms with Crippen LogP contribution in [0.2, 0.25) is 0 Å². The van der Waals surface area contributed by atoms with Crippen molar-refractivity contribution < 1.29 is 9.84 Å². The van der Waals surface area contributed by atoms with Crippen molar-refractivity contribution in [2.45, 2.75) is 0 Å². The molecule has 5 heteroatoms. The van der Waals surface area contributed by atoms with Crippen LogP contribution in [0.5, 0.6) is 11.5 Å². The summed E-state index contributed by atoms with van der Waals surface area (Å²) in [5.41, 5.74) is 1.42. The summed E-state index contributed by atoms with van der Waals surface area (Å²) in [5, 5.41) is 11.9. The van der Waals surface area contributed by atoms with Crippen LogP contribution in [0.1, 0.15) is 0 Å². The molecule has 0 spiro atoms. The molecule has 5 nitrogen and oxygen atoms in total. The van der Waals surface area contributed by atoms with E-state index in [-0.39, 0.29) is 5.75 Å². The van der Waals surface area contributed by atoms with Crippen LogP contribution in [0.3, 0.4) is 0 Å². The summed E-state index contributed by atoms with van der Waals surface area (Å²) in [6.45, 7) is 0. The molecular formula is C15H10N2O3. The van der Waals surface area contributed by atoms with Crippen molar-refractivity contribution in [2.75, 3.05) is 7.11 Å². The number of para-hydroxylation sites is 1. The lowest BCUT2D eigenvalue weighted by atomic mass is 10.2. The van der Waals surface area contributed by atoms with Crippen LogP contribution in [0.15, 0.2) is 41.3 Å². The molecule has 0 aliphatic heterocycles. The van der Waals surface area contributed by atoms with E-state index in [1.807, 2.05) is 30.3 Å². The Morgan fingerprint density at radius 1 is 1.20 bits per heavy atom. The van der Waals surface area contributed by atoms with Crippen LogP contribution < -0.4 is 10.3 Å². The van der Waals surface area contributed by atoms with Gasteiger partial charge in [-0.15, -0.1) is 0 Å². The predicted octanol–water partition coefficient (Wildman–Crippen LogP) is 2.15. The molecule has 1 N–H and O–H groups in total. The van der Waals surface area contributed by atoms with Gasteiger partial charge in [0.05, 0.1) is 18.1 Å². The molecule has 0 fully saturated rings. The highest BCUT2D eigenvalue weighted by Crippen LogP contribution is 2.36. The zero-order valence-corrected chi connectivity index (χ0v) is 10.6. The lowest BCUT2D eigenvalue weighted by Crippen LogP contribution is -2.13. The average molecular weight is 266 g/mol. The molecule has 0 radical (unpaired) electrons. The molecule has 0 aliphatic rings. The van der Waals surface area contributed by atoms with E-state index in [4.69, 9.17) is 4.74 Å². The van der Waals surface area contributed by atoms with Gasteiger partial charge >= 0.3 is 5.56 Å². The van der Waals surface area contributed by atoms with Gasteiger partial charge in [-0.05, 0) is 12.1 Å². The highest BCUT2D eigenvalue weighted by molar-refractivity contribution is 6.14. The van der Waals surface area contributed by atoms with Crippen molar-refractivity contribution in [1.29, 1.82) is 0 Å². The number of aromatic hydroxyl groups is 1. The minimum absolute atomic E-state index is 0.121. The molecular weight excluding hydrogens is 256 g/mol. The van der Waals surface area contributed by atoms with Crippen LogP contribution in [0.4, 0.5) is 0 Å². The summed E-state index contributed by atoms with van der Waals surface area (Å²) in [5.74, 6) is -0.294. The second-order valence-corrected chi connectivity index (χ2v) is 4.60. The second-order valence-electron chi connectivity index (χ2n) is 4.60. The molecule has 4 aromatic rings. The zero-order chi connectivity index (χ0) is 13.9. The Bertz CT molecular complexity index is 1020. The molecule has 0 atom stereocenters. The quantitative estimate of drug-likeness (QED) is 0.573. The van der Waals surface area contributed by atoms with Gasteiger partial charge in [-0.2, -0.15) is 0 Å². The maximum Gasteiger partial charge on any atom is 0.301 e. The third-order valence-corrected chi connectivity index (χ3v) is 3.62. The third kappa shape index (κ3) is 1.12. The molecule has 1 aromatic carbocycles. The first-order valence-corrected chi connectivity index (χ1v) is 6.14. The fourth-order valence-corrected chi connectivity index (χ4v) is 2.80. The Hall–Kier alpha value is -2.82. The smallest absolute Gasteiger partial charge is 0.301 e. The number of benzene rings is 1. The van der Waals surface area contributed by atoms with Gasteiger partial charge in [-0.25, -0.2) is 0 Å². The van der Waals surface area contributed by atoms with Gasteiger partial charge in [-0.3, -0.25) is 14.2 Å². The predicted molar refractivity (Wildman–Crippen MR) is 75.9 cm³/mol. The van der Waals surface area contributed by atoms with Crippen molar-refractivity contribution >= 4 is 27.3 Å². The van der Waals surface area contributed by atoms with E-state index in [9.17, 15) is 9.90 Å².